The van der Waals surface area contributed by atoms with E-state index in [0.717, 1.165) is 13.1 Å². The smallest absolute Gasteiger partial charge is 0.158 e. The van der Waals surface area contributed by atoms with Gasteiger partial charge in [0.15, 0.2) is 5.85 Å². The van der Waals surface area contributed by atoms with Crippen molar-refractivity contribution in [2.45, 2.75) is 26.1 Å². The Morgan fingerprint density at radius 3 is 2.09 bits per heavy atom. The lowest BCUT2D eigenvalue weighted by Gasteiger charge is -2.33. The Labute approximate surface area is 136 Å². The second kappa shape index (κ2) is 11.2. The fraction of sp³-hybridized carbons (Fsp3) is 0.500. The summed E-state index contributed by atoms with van der Waals surface area (Å²) in [6.45, 7) is 6.03. The SMILES string of the molecule is CC[NH3+].CC[NH3+].COc1ccc(C2=NOC(P(=O)([O-])[O-])C2)cc1. The van der Waals surface area contributed by atoms with E-state index in [2.05, 4.69) is 21.5 Å². The second-order valence-corrected chi connectivity index (χ2v) is 6.23. The molecule has 1 atom stereocenters. The zero-order chi connectivity index (χ0) is 17.9. The molecule has 0 saturated heterocycles. The zero-order valence-corrected chi connectivity index (χ0v) is 14.8. The third-order valence-corrected chi connectivity index (χ3v) is 3.41. The van der Waals surface area contributed by atoms with Gasteiger partial charge in [-0.3, -0.25) is 0 Å². The number of nitrogens with zero attached hydrogens (tertiary/aromatic N) is 1. The van der Waals surface area contributed by atoms with Gasteiger partial charge in [-0.2, -0.15) is 0 Å². The van der Waals surface area contributed by atoms with E-state index < -0.39 is 13.4 Å². The number of benzene rings is 1. The van der Waals surface area contributed by atoms with Crippen LogP contribution in [0, 0.1) is 0 Å². The first-order chi connectivity index (χ1) is 10.8. The third-order valence-electron chi connectivity index (χ3n) is 2.43. The maximum Gasteiger partial charge on any atom is 0.158 e. The molecule has 1 aliphatic rings. The van der Waals surface area contributed by atoms with Gasteiger partial charge in [0, 0.05) is 6.42 Å². The molecule has 6 N–H and O–H groups in total. The van der Waals surface area contributed by atoms with Gasteiger partial charge < -0.3 is 35.4 Å². The average Bonchev–Trinajstić information content (AvgIpc) is 2.99. The molecule has 0 bridgehead atoms. The van der Waals surface area contributed by atoms with Crippen molar-refractivity contribution in [1.82, 2.24) is 0 Å². The largest absolute Gasteiger partial charge is 0.808 e. The van der Waals surface area contributed by atoms with E-state index in [1.54, 1.807) is 31.4 Å². The highest BCUT2D eigenvalue weighted by atomic mass is 31.2. The van der Waals surface area contributed by atoms with E-state index in [-0.39, 0.29) is 6.42 Å². The zero-order valence-electron chi connectivity index (χ0n) is 13.9. The van der Waals surface area contributed by atoms with Gasteiger partial charge in [-0.1, -0.05) is 5.16 Å². The lowest BCUT2D eigenvalue weighted by atomic mass is 10.1. The second-order valence-electron chi connectivity index (χ2n) is 4.57. The average molecular weight is 347 g/mol. The van der Waals surface area contributed by atoms with Crippen molar-refractivity contribution in [3.8, 4) is 5.75 Å². The first-order valence-electron chi connectivity index (χ1n) is 7.31. The monoisotopic (exact) mass is 347 g/mol. The lowest BCUT2D eigenvalue weighted by molar-refractivity contribution is -0.362. The van der Waals surface area contributed by atoms with Crippen LogP contribution in [-0.2, 0) is 9.40 Å². The van der Waals surface area contributed by atoms with Crippen molar-refractivity contribution in [3.05, 3.63) is 29.8 Å². The molecule has 0 aliphatic carbocycles. The van der Waals surface area contributed by atoms with Gasteiger partial charge in [0.1, 0.15) is 5.75 Å². The Bertz CT molecular complexity index is 514. The van der Waals surface area contributed by atoms with E-state index in [0.29, 0.717) is 17.0 Å². The number of rotatable bonds is 3. The van der Waals surface area contributed by atoms with Crippen LogP contribution in [0.2, 0.25) is 0 Å². The van der Waals surface area contributed by atoms with Crippen molar-refractivity contribution in [3.63, 3.8) is 0 Å². The predicted molar refractivity (Wildman–Crippen MR) is 83.5 cm³/mol. The molecule has 2 rings (SSSR count). The Hall–Kier alpha value is -1.44. The summed E-state index contributed by atoms with van der Waals surface area (Å²) in [6.07, 6.45) is -0.0173. The van der Waals surface area contributed by atoms with Crippen LogP contribution in [-0.4, -0.2) is 31.8 Å². The summed E-state index contributed by atoms with van der Waals surface area (Å²) in [4.78, 5) is 26.1. The minimum Gasteiger partial charge on any atom is -0.808 e. The summed E-state index contributed by atoms with van der Waals surface area (Å²) in [5.41, 5.74) is 8.13. The molecule has 1 unspecified atom stereocenters. The highest BCUT2D eigenvalue weighted by Crippen LogP contribution is 2.38. The van der Waals surface area contributed by atoms with Gasteiger partial charge in [0.25, 0.3) is 0 Å². The van der Waals surface area contributed by atoms with Crippen molar-refractivity contribution in [2.75, 3.05) is 20.2 Å². The van der Waals surface area contributed by atoms with Crippen molar-refractivity contribution < 1.29 is 35.4 Å². The van der Waals surface area contributed by atoms with Gasteiger partial charge in [-0.05, 0) is 51.3 Å². The molecule has 1 aliphatic heterocycles. The van der Waals surface area contributed by atoms with Gasteiger partial charge >= 0.3 is 0 Å². The maximum atomic E-state index is 10.8. The third kappa shape index (κ3) is 8.11. The molecule has 1 aromatic carbocycles. The number of hydrogen-bond acceptors (Lipinski definition) is 6. The van der Waals surface area contributed by atoms with Gasteiger partial charge in [-0.15, -0.1) is 0 Å². The summed E-state index contributed by atoms with van der Waals surface area (Å²) >= 11 is 0. The number of methoxy groups -OCH3 is 1. The van der Waals surface area contributed by atoms with Crippen LogP contribution in [0.1, 0.15) is 25.8 Å². The first kappa shape index (κ1) is 21.6. The molecule has 132 valence electrons. The summed E-state index contributed by atoms with van der Waals surface area (Å²) in [5, 5.41) is 3.61. The minimum atomic E-state index is -4.75. The van der Waals surface area contributed by atoms with Gasteiger partial charge in [-0.25, -0.2) is 0 Å². The van der Waals surface area contributed by atoms with E-state index in [9.17, 15) is 14.4 Å². The molecule has 8 nitrogen and oxygen atoms in total. The van der Waals surface area contributed by atoms with Crippen molar-refractivity contribution in [1.29, 1.82) is 0 Å². The summed E-state index contributed by atoms with van der Waals surface area (Å²) in [7, 11) is -3.20. The molecule has 9 heteroatoms. The standard InChI is InChI=1S/C10H12NO5P.2C2H7N/c1-15-8-4-2-7(3-5-8)9-6-10(16-11-9)17(12,13)14;2*1-2-3/h2-5,10H,6H2,1H3,(H2,12,13,14);2*2-3H2,1H3. The van der Waals surface area contributed by atoms with E-state index in [1.165, 1.54) is 0 Å². The van der Waals surface area contributed by atoms with Crippen LogP contribution in [0.5, 0.6) is 5.75 Å². The minimum absolute atomic E-state index is 0.0173. The predicted octanol–water partition coefficient (Wildman–Crippen LogP) is -1.44. The quantitative estimate of drug-likeness (QED) is 0.642. The number of oxime groups is 1. The molecule has 1 aromatic rings. The van der Waals surface area contributed by atoms with Crippen LogP contribution in [0.4, 0.5) is 0 Å². The molecule has 23 heavy (non-hydrogen) atoms. The Morgan fingerprint density at radius 1 is 1.26 bits per heavy atom. The van der Waals surface area contributed by atoms with Crippen molar-refractivity contribution >= 4 is 13.3 Å². The summed E-state index contributed by atoms with van der Waals surface area (Å²) in [5.74, 6) is -0.706. The molecule has 0 saturated carbocycles. The van der Waals surface area contributed by atoms with E-state index in [4.69, 9.17) is 4.74 Å². The van der Waals surface area contributed by atoms with Gasteiger partial charge in [0.2, 0.25) is 0 Å². The topological polar surface area (TPSA) is 149 Å². The molecular weight excluding hydrogens is 321 g/mol. The van der Waals surface area contributed by atoms with Crippen LogP contribution in [0.15, 0.2) is 29.4 Å². The highest BCUT2D eigenvalue weighted by Gasteiger charge is 2.24. The van der Waals surface area contributed by atoms with Crippen LogP contribution in [0.25, 0.3) is 0 Å². The first-order valence-corrected chi connectivity index (χ1v) is 8.92. The Kier molecular flexibility index (Phi) is 10.5. The Balaban J connectivity index is 0.000000704. The molecule has 0 amide bonds. The molecular formula is C14H26N3O5P. The molecule has 0 fully saturated rings. The van der Waals surface area contributed by atoms with Crippen LogP contribution >= 0.6 is 7.60 Å². The normalized spacial score (nSPS) is 16.1. The van der Waals surface area contributed by atoms with Crippen LogP contribution in [0.3, 0.4) is 0 Å². The molecule has 0 aromatic heterocycles. The fourth-order valence-corrected chi connectivity index (χ4v) is 2.05. The fourth-order valence-electron chi connectivity index (χ4n) is 1.49. The van der Waals surface area contributed by atoms with Gasteiger partial charge in [0.05, 0.1) is 25.9 Å². The summed E-state index contributed by atoms with van der Waals surface area (Å²) in [6, 6.07) is 6.90. The number of quaternary nitrogens is 2. The summed E-state index contributed by atoms with van der Waals surface area (Å²) < 4.78 is 15.8. The van der Waals surface area contributed by atoms with Crippen LogP contribution < -0.4 is 26.0 Å². The number of hydrogen-bond donors (Lipinski definition) is 2. The number of ether oxygens (including phenoxy) is 1. The van der Waals surface area contributed by atoms with E-state index >= 15 is 0 Å². The lowest BCUT2D eigenvalue weighted by Crippen LogP contribution is -2.48. The maximum absolute atomic E-state index is 10.8. The molecule has 1 heterocycles. The van der Waals surface area contributed by atoms with E-state index in [1.807, 2.05) is 13.8 Å². The molecule has 0 spiro atoms. The Morgan fingerprint density at radius 2 is 1.74 bits per heavy atom. The molecule has 0 radical (unpaired) electrons. The highest BCUT2D eigenvalue weighted by molar-refractivity contribution is 7.49. The van der Waals surface area contributed by atoms with Crippen molar-refractivity contribution in [2.24, 2.45) is 5.16 Å².